The van der Waals surface area contributed by atoms with Crippen LogP contribution in [0.25, 0.3) is 0 Å². The average Bonchev–Trinajstić information content (AvgIpc) is 3.75. The topological polar surface area (TPSA) is 230 Å². The van der Waals surface area contributed by atoms with E-state index < -0.39 is 17.8 Å². The summed E-state index contributed by atoms with van der Waals surface area (Å²) in [7, 11) is 0. The van der Waals surface area contributed by atoms with Crippen LogP contribution in [0, 0.1) is 0 Å². The zero-order chi connectivity index (χ0) is 43.7. The van der Waals surface area contributed by atoms with E-state index in [9.17, 15) is 24.0 Å². The zero-order valence-corrected chi connectivity index (χ0v) is 35.6. The van der Waals surface area contributed by atoms with E-state index in [1.165, 1.54) is 4.90 Å². The minimum Gasteiger partial charge on any atom is -0.378 e. The van der Waals surface area contributed by atoms with Crippen molar-refractivity contribution in [3.05, 3.63) is 0 Å². The van der Waals surface area contributed by atoms with E-state index in [1.807, 2.05) is 0 Å². The van der Waals surface area contributed by atoms with Crippen molar-refractivity contribution in [2.45, 2.75) is 32.1 Å². The first kappa shape index (κ1) is 54.3. The Hall–Kier alpha value is -2.81. The van der Waals surface area contributed by atoms with Crippen molar-refractivity contribution in [1.82, 2.24) is 9.96 Å². The highest BCUT2D eigenvalue weighted by Crippen LogP contribution is 2.13. The molecule has 2 aliphatic rings. The van der Waals surface area contributed by atoms with Crippen molar-refractivity contribution in [1.29, 1.82) is 0 Å². The number of likely N-dealkylation sites (tertiary alicyclic amines) is 1. The second-order valence-electron chi connectivity index (χ2n) is 12.8. The summed E-state index contributed by atoms with van der Waals surface area (Å²) in [6, 6.07) is 0. The molecule has 0 radical (unpaired) electrons. The van der Waals surface area contributed by atoms with Crippen molar-refractivity contribution in [3.63, 3.8) is 0 Å². The van der Waals surface area contributed by atoms with Crippen LogP contribution in [0.1, 0.15) is 32.1 Å². The van der Waals surface area contributed by atoms with Crippen molar-refractivity contribution < 1.29 is 95.1 Å². The molecule has 0 unspecified atom stereocenters. The third kappa shape index (κ3) is 31.6. The predicted molar refractivity (Wildman–Crippen MR) is 209 cm³/mol. The lowest BCUT2D eigenvalue weighted by atomic mass is 10.4. The fourth-order valence-electron chi connectivity index (χ4n) is 4.95. The van der Waals surface area contributed by atoms with Crippen molar-refractivity contribution in [3.8, 4) is 0 Å². The number of nitrogens with zero attached hydrogens (tertiary/aromatic N) is 2. The molecule has 0 spiro atoms. The maximum Gasteiger partial charge on any atom is 0.335 e. The third-order valence-corrected chi connectivity index (χ3v) is 8.10. The normalized spacial score (nSPS) is 14.4. The Kier molecular flexibility index (Phi) is 35.6. The van der Waals surface area contributed by atoms with E-state index in [4.69, 9.17) is 71.2 Å². The molecule has 61 heavy (non-hydrogen) atoms. The standard InChI is InChI=1S/C39H68N2O20/c42-35-1-2-36(43)40(35)6-8-48-10-12-50-14-16-52-18-20-54-22-24-56-26-28-58-30-32-60-34-33-59-31-29-57-27-25-55-23-21-53-19-17-51-15-13-49-11-9-47-7-5-39(46)61-41-37(44)3-4-38(41)45/h1-34H2. The first-order chi connectivity index (χ1) is 30.0. The molecule has 0 saturated carbocycles. The molecule has 354 valence electrons. The van der Waals surface area contributed by atoms with Crippen LogP contribution in [0.15, 0.2) is 0 Å². The second-order valence-corrected chi connectivity index (χ2v) is 12.8. The van der Waals surface area contributed by atoms with E-state index in [-0.39, 0.29) is 44.3 Å². The number of hydrogen-bond donors (Lipinski definition) is 0. The van der Waals surface area contributed by atoms with Crippen LogP contribution in [0.2, 0.25) is 0 Å². The number of carbonyl (C=O) groups is 5. The molecule has 2 heterocycles. The molecule has 2 aliphatic heterocycles. The largest absolute Gasteiger partial charge is 0.378 e. The smallest absolute Gasteiger partial charge is 0.335 e. The summed E-state index contributed by atoms with van der Waals surface area (Å²) in [5.74, 6) is -2.00. The summed E-state index contributed by atoms with van der Waals surface area (Å²) in [5, 5.41) is 0.515. The minimum absolute atomic E-state index is 0.0534. The molecule has 22 heteroatoms. The number of rotatable bonds is 46. The van der Waals surface area contributed by atoms with E-state index in [2.05, 4.69) is 0 Å². The Bertz CT molecular complexity index is 1100. The molecule has 2 rings (SSSR count). The molecule has 0 N–H and O–H groups in total. The summed E-state index contributed by atoms with van der Waals surface area (Å²) in [4.78, 5) is 63.5. The highest BCUT2D eigenvalue weighted by molar-refractivity contribution is 6.02. The second kappa shape index (κ2) is 40.0. The molecule has 0 atom stereocenters. The van der Waals surface area contributed by atoms with Crippen molar-refractivity contribution in [2.75, 3.05) is 192 Å². The van der Waals surface area contributed by atoms with E-state index in [1.54, 1.807) is 0 Å². The van der Waals surface area contributed by atoms with Crippen LogP contribution in [0.5, 0.6) is 0 Å². The number of hydrogen-bond acceptors (Lipinski definition) is 20. The summed E-state index contributed by atoms with van der Waals surface area (Å²) in [6.45, 7) is 12.0. The number of amides is 4. The van der Waals surface area contributed by atoms with Gasteiger partial charge in [0.15, 0.2) is 0 Å². The SMILES string of the molecule is O=C(CCOCCOCCOCCOCCOCCOCCOCCOCCOCCOCCOCCOCCOCCOCCN1C(=O)CCC1=O)ON1C(=O)CCC1=O. The Balaban J connectivity index is 1.12. The fourth-order valence-corrected chi connectivity index (χ4v) is 4.95. The van der Waals surface area contributed by atoms with Gasteiger partial charge in [0.2, 0.25) is 11.8 Å². The molecular formula is C39H68N2O20. The van der Waals surface area contributed by atoms with Gasteiger partial charge in [0.1, 0.15) is 0 Å². The Morgan fingerprint density at radius 3 is 0.787 bits per heavy atom. The molecule has 22 nitrogen and oxygen atoms in total. The Labute approximate surface area is 358 Å². The molecule has 2 saturated heterocycles. The van der Waals surface area contributed by atoms with Gasteiger partial charge in [-0.2, -0.15) is 0 Å². The Morgan fingerprint density at radius 2 is 0.525 bits per heavy atom. The summed E-state index contributed by atoms with van der Waals surface area (Å²) in [5.41, 5.74) is 0. The highest BCUT2D eigenvalue weighted by Gasteiger charge is 2.32. The number of carbonyl (C=O) groups excluding carboxylic acids is 5. The lowest BCUT2D eigenvalue weighted by Crippen LogP contribution is -2.32. The zero-order valence-electron chi connectivity index (χ0n) is 35.6. The van der Waals surface area contributed by atoms with Gasteiger partial charge in [-0.25, -0.2) is 4.79 Å². The molecule has 0 aromatic heterocycles. The van der Waals surface area contributed by atoms with Crippen LogP contribution >= 0.6 is 0 Å². The van der Waals surface area contributed by atoms with Crippen LogP contribution in [-0.4, -0.2) is 231 Å². The number of ether oxygens (including phenoxy) is 14. The molecular weight excluding hydrogens is 816 g/mol. The van der Waals surface area contributed by atoms with E-state index in [0.29, 0.717) is 196 Å². The number of imide groups is 2. The first-order valence-electron chi connectivity index (χ1n) is 21.0. The fraction of sp³-hybridized carbons (Fsp3) is 0.872. The van der Waals surface area contributed by atoms with Gasteiger partial charge in [0.25, 0.3) is 11.8 Å². The van der Waals surface area contributed by atoms with Gasteiger partial charge in [-0.1, -0.05) is 0 Å². The molecule has 0 aromatic carbocycles. The van der Waals surface area contributed by atoms with Gasteiger partial charge in [-0.3, -0.25) is 24.1 Å². The lowest BCUT2D eigenvalue weighted by molar-refractivity contribution is -0.198. The van der Waals surface area contributed by atoms with Gasteiger partial charge >= 0.3 is 5.97 Å². The van der Waals surface area contributed by atoms with Gasteiger partial charge in [0.05, 0.1) is 198 Å². The van der Waals surface area contributed by atoms with Crippen LogP contribution in [0.3, 0.4) is 0 Å². The minimum atomic E-state index is -0.705. The molecule has 0 aliphatic carbocycles. The van der Waals surface area contributed by atoms with Gasteiger partial charge in [-0.05, 0) is 0 Å². The van der Waals surface area contributed by atoms with E-state index >= 15 is 0 Å². The summed E-state index contributed by atoms with van der Waals surface area (Å²) in [6.07, 6.45) is 0.612. The van der Waals surface area contributed by atoms with Gasteiger partial charge in [0, 0.05) is 25.7 Å². The summed E-state index contributed by atoms with van der Waals surface area (Å²) >= 11 is 0. The lowest BCUT2D eigenvalue weighted by Gasteiger charge is -2.13. The van der Waals surface area contributed by atoms with Crippen LogP contribution in [0.4, 0.5) is 0 Å². The third-order valence-electron chi connectivity index (χ3n) is 8.10. The maximum atomic E-state index is 11.7. The van der Waals surface area contributed by atoms with Crippen molar-refractivity contribution in [2.24, 2.45) is 0 Å². The Morgan fingerprint density at radius 1 is 0.311 bits per heavy atom. The molecule has 4 amide bonds. The monoisotopic (exact) mass is 884 g/mol. The maximum absolute atomic E-state index is 11.7. The average molecular weight is 885 g/mol. The first-order valence-corrected chi connectivity index (χ1v) is 21.0. The van der Waals surface area contributed by atoms with Gasteiger partial charge in [-0.15, -0.1) is 5.06 Å². The quantitative estimate of drug-likeness (QED) is 0.0547. The predicted octanol–water partition coefficient (Wildman–Crippen LogP) is -0.635. The molecule has 0 bridgehead atoms. The van der Waals surface area contributed by atoms with Crippen molar-refractivity contribution >= 4 is 29.6 Å². The molecule has 2 fully saturated rings. The van der Waals surface area contributed by atoms with E-state index in [0.717, 1.165) is 0 Å². The number of hydroxylamine groups is 2. The van der Waals surface area contributed by atoms with Crippen LogP contribution in [-0.2, 0) is 95.1 Å². The highest BCUT2D eigenvalue weighted by atomic mass is 16.7. The summed E-state index contributed by atoms with van der Waals surface area (Å²) < 4.78 is 76.2. The van der Waals surface area contributed by atoms with Crippen LogP contribution < -0.4 is 0 Å². The van der Waals surface area contributed by atoms with Gasteiger partial charge < -0.3 is 71.2 Å². The molecule has 0 aromatic rings.